The molecule has 0 saturated carbocycles. The Hall–Kier alpha value is 0.518. The third kappa shape index (κ3) is 8.52. The molecule has 1 N–H and O–H groups in total. The van der Waals surface area contributed by atoms with E-state index in [1.54, 1.807) is 0 Å². The molecule has 0 rings (SSSR count). The van der Waals surface area contributed by atoms with Gasteiger partial charge >= 0.3 is 63.0 Å². The molecule has 0 unspecified atom stereocenters. The maximum atomic E-state index is 3.33. The molecule has 0 aliphatic carbocycles. The molecular formula is C7H18AsN. The van der Waals surface area contributed by atoms with Gasteiger partial charge in [-0.15, -0.1) is 0 Å². The molecule has 0 aromatic heterocycles. The normalized spacial score (nSPS) is 10.7. The molecule has 0 bridgehead atoms. The van der Waals surface area contributed by atoms with Gasteiger partial charge in [-0.25, -0.2) is 0 Å². The first-order valence-corrected chi connectivity index (χ1v) is 8.70. The molecule has 0 spiro atoms. The zero-order valence-electron chi connectivity index (χ0n) is 6.78. The SMILES string of the molecule is CCNCCC[As](C)C. The van der Waals surface area contributed by atoms with E-state index in [1.807, 2.05) is 0 Å². The number of nitrogens with one attached hydrogen (secondary N) is 1. The Bertz CT molecular complexity index is 54.9. The van der Waals surface area contributed by atoms with Gasteiger partial charge < -0.3 is 0 Å². The molecule has 0 heterocycles. The van der Waals surface area contributed by atoms with E-state index in [2.05, 4.69) is 23.7 Å². The summed E-state index contributed by atoms with van der Waals surface area (Å²) in [5, 5.41) is 4.83. The fraction of sp³-hybridized carbons (Fsp3) is 1.00. The molecule has 56 valence electrons. The second-order valence-electron chi connectivity index (χ2n) is 2.51. The van der Waals surface area contributed by atoms with Gasteiger partial charge in [0.2, 0.25) is 0 Å². The Labute approximate surface area is 63.5 Å². The predicted octanol–water partition coefficient (Wildman–Crippen LogP) is 1.74. The van der Waals surface area contributed by atoms with Crippen molar-refractivity contribution in [3.05, 3.63) is 0 Å². The molecule has 0 radical (unpaired) electrons. The van der Waals surface area contributed by atoms with Crippen LogP contribution in [-0.2, 0) is 0 Å². The minimum absolute atomic E-state index is 0.309. The van der Waals surface area contributed by atoms with Crippen LogP contribution < -0.4 is 5.32 Å². The van der Waals surface area contributed by atoms with Gasteiger partial charge in [0, 0.05) is 0 Å². The Morgan fingerprint density at radius 3 is 2.44 bits per heavy atom. The van der Waals surface area contributed by atoms with Gasteiger partial charge in [0.1, 0.15) is 0 Å². The van der Waals surface area contributed by atoms with Crippen LogP contribution in [0.1, 0.15) is 13.3 Å². The summed E-state index contributed by atoms with van der Waals surface area (Å²) in [6, 6.07) is 0. The van der Waals surface area contributed by atoms with Crippen molar-refractivity contribution in [1.82, 2.24) is 5.32 Å². The summed E-state index contributed by atoms with van der Waals surface area (Å²) in [7, 11) is 0. The fourth-order valence-electron chi connectivity index (χ4n) is 0.697. The van der Waals surface area contributed by atoms with Gasteiger partial charge in [0.25, 0.3) is 0 Å². The Balaban J connectivity index is 2.75. The molecule has 0 atom stereocenters. The van der Waals surface area contributed by atoms with Gasteiger partial charge in [-0.3, -0.25) is 0 Å². The van der Waals surface area contributed by atoms with Gasteiger partial charge in [0.15, 0.2) is 0 Å². The van der Waals surface area contributed by atoms with Crippen LogP contribution in [0.25, 0.3) is 0 Å². The van der Waals surface area contributed by atoms with Gasteiger partial charge in [0.05, 0.1) is 0 Å². The van der Waals surface area contributed by atoms with Crippen molar-refractivity contribution < 1.29 is 0 Å². The predicted molar refractivity (Wildman–Crippen MR) is 45.4 cm³/mol. The average molecular weight is 191 g/mol. The van der Waals surface area contributed by atoms with Gasteiger partial charge in [-0.1, -0.05) is 0 Å². The van der Waals surface area contributed by atoms with Crippen molar-refractivity contribution in [3.63, 3.8) is 0 Å². The summed E-state index contributed by atoms with van der Waals surface area (Å²) in [6.45, 7) is 4.51. The van der Waals surface area contributed by atoms with Crippen molar-refractivity contribution in [2.45, 2.75) is 30.0 Å². The van der Waals surface area contributed by atoms with Gasteiger partial charge in [-0.05, 0) is 0 Å². The van der Waals surface area contributed by atoms with Crippen LogP contribution in [-0.4, -0.2) is 27.7 Å². The third-order valence-electron chi connectivity index (χ3n) is 1.21. The molecular weight excluding hydrogens is 173 g/mol. The summed E-state index contributed by atoms with van der Waals surface area (Å²) in [4.78, 5) is 0. The zero-order valence-corrected chi connectivity index (χ0v) is 8.65. The van der Waals surface area contributed by atoms with Crippen molar-refractivity contribution in [2.75, 3.05) is 13.1 Å². The molecule has 0 fully saturated rings. The summed E-state index contributed by atoms with van der Waals surface area (Å²) >= 11 is -0.309. The van der Waals surface area contributed by atoms with E-state index in [4.69, 9.17) is 0 Å². The number of rotatable bonds is 5. The van der Waals surface area contributed by atoms with E-state index < -0.39 is 0 Å². The summed E-state index contributed by atoms with van der Waals surface area (Å²) in [5.41, 5.74) is 4.83. The Kier molecular flexibility index (Phi) is 7.02. The van der Waals surface area contributed by atoms with E-state index in [0.717, 1.165) is 6.54 Å². The van der Waals surface area contributed by atoms with Crippen LogP contribution in [0.3, 0.4) is 0 Å². The van der Waals surface area contributed by atoms with E-state index in [1.165, 1.54) is 18.2 Å². The van der Waals surface area contributed by atoms with Crippen molar-refractivity contribution in [1.29, 1.82) is 0 Å². The molecule has 1 nitrogen and oxygen atoms in total. The minimum atomic E-state index is -0.309. The monoisotopic (exact) mass is 191 g/mol. The molecule has 0 aliphatic rings. The van der Waals surface area contributed by atoms with E-state index >= 15 is 0 Å². The molecule has 0 aliphatic heterocycles. The van der Waals surface area contributed by atoms with Crippen LogP contribution in [0, 0.1) is 0 Å². The van der Waals surface area contributed by atoms with Crippen LogP contribution in [0.2, 0.25) is 16.6 Å². The topological polar surface area (TPSA) is 12.0 Å². The first-order chi connectivity index (χ1) is 4.27. The summed E-state index contributed by atoms with van der Waals surface area (Å²) < 4.78 is 0. The second-order valence-corrected chi connectivity index (χ2v) is 7.98. The number of hydrogen-bond donors (Lipinski definition) is 1. The first kappa shape index (κ1) is 9.52. The van der Waals surface area contributed by atoms with Crippen molar-refractivity contribution in [2.24, 2.45) is 0 Å². The van der Waals surface area contributed by atoms with Crippen LogP contribution >= 0.6 is 0 Å². The van der Waals surface area contributed by atoms with Crippen LogP contribution in [0.4, 0.5) is 0 Å². The average Bonchev–Trinajstić information content (AvgIpc) is 1.80. The summed E-state index contributed by atoms with van der Waals surface area (Å²) in [5.74, 6) is 0. The summed E-state index contributed by atoms with van der Waals surface area (Å²) in [6.07, 6.45) is 1.39. The third-order valence-corrected chi connectivity index (χ3v) is 3.75. The standard InChI is InChI=1S/C7H18AsN/c1-4-9-7-5-6-8(2)3/h9H,4-7H2,1-3H3. The van der Waals surface area contributed by atoms with E-state index in [0.29, 0.717) is 0 Å². The van der Waals surface area contributed by atoms with E-state index in [9.17, 15) is 0 Å². The molecule has 0 amide bonds. The Morgan fingerprint density at radius 2 is 2.00 bits per heavy atom. The maximum absolute atomic E-state index is 3.33. The molecule has 9 heavy (non-hydrogen) atoms. The molecule has 0 aromatic carbocycles. The van der Waals surface area contributed by atoms with Crippen molar-refractivity contribution in [3.8, 4) is 0 Å². The van der Waals surface area contributed by atoms with Gasteiger partial charge in [-0.2, -0.15) is 0 Å². The van der Waals surface area contributed by atoms with E-state index in [-0.39, 0.29) is 14.7 Å². The molecule has 0 aromatic rings. The molecule has 0 saturated heterocycles. The van der Waals surface area contributed by atoms with Crippen LogP contribution in [0.15, 0.2) is 0 Å². The van der Waals surface area contributed by atoms with Crippen molar-refractivity contribution >= 4 is 14.7 Å². The fourth-order valence-corrected chi connectivity index (χ4v) is 2.36. The second kappa shape index (κ2) is 6.64. The Morgan fingerprint density at radius 1 is 1.33 bits per heavy atom. The quantitative estimate of drug-likeness (QED) is 0.515. The zero-order chi connectivity index (χ0) is 7.11. The first-order valence-electron chi connectivity index (χ1n) is 3.62. The van der Waals surface area contributed by atoms with Crippen LogP contribution in [0.5, 0.6) is 0 Å². The number of hydrogen-bond acceptors (Lipinski definition) is 1. The molecule has 2 heteroatoms.